The normalized spacial score (nSPS) is 21.9. The number of hydrogen-bond acceptors (Lipinski definition) is 8. The zero-order valence-corrected chi connectivity index (χ0v) is 31.3. The molecule has 1 aromatic carbocycles. The number of aromatic nitrogens is 2. The Morgan fingerprint density at radius 2 is 1.55 bits per heavy atom. The molecular formula is C39H52F2N3O8P. The number of halogens is 2. The minimum Gasteiger partial charge on any atom is -0.413 e. The first-order chi connectivity index (χ1) is 25.4. The van der Waals surface area contributed by atoms with Gasteiger partial charge in [-0.2, -0.15) is 0 Å². The predicted molar refractivity (Wildman–Crippen MR) is 202 cm³/mol. The summed E-state index contributed by atoms with van der Waals surface area (Å²) in [6.45, 7) is 2.56. The van der Waals surface area contributed by atoms with Gasteiger partial charge in [0.1, 0.15) is 29.6 Å². The molecule has 290 valence electrons. The third-order valence-corrected chi connectivity index (χ3v) is 9.74. The SMILES string of the molecule is CC/C=C\C/C=C\C/C=C\C/C=C\C/C=C\CCCC(=O)CCCNP(=O)(OC[C@H]1O[C@@H](n2ccc(=O)[nH]c2=O)[C@](C)(F)[C@@H]1O)Oc1ccc(F)cc1. The van der Waals surface area contributed by atoms with Crippen molar-refractivity contribution in [2.75, 3.05) is 13.2 Å². The van der Waals surface area contributed by atoms with Crippen LogP contribution >= 0.6 is 7.75 Å². The molecule has 1 unspecified atom stereocenters. The monoisotopic (exact) mass is 759 g/mol. The minimum atomic E-state index is -4.24. The lowest BCUT2D eigenvalue weighted by molar-refractivity contribution is -0.119. The van der Waals surface area contributed by atoms with E-state index < -0.39 is 55.5 Å². The highest BCUT2D eigenvalue weighted by molar-refractivity contribution is 7.52. The number of rotatable bonds is 24. The maximum absolute atomic E-state index is 15.6. The Labute approximate surface area is 309 Å². The quantitative estimate of drug-likeness (QED) is 0.0556. The number of Topliss-reactive ketones (excluding diaryl/α,β-unsaturated/α-hetero) is 1. The Morgan fingerprint density at radius 1 is 0.962 bits per heavy atom. The van der Waals surface area contributed by atoms with Crippen molar-refractivity contribution < 1.29 is 37.0 Å². The van der Waals surface area contributed by atoms with Crippen molar-refractivity contribution in [3.8, 4) is 5.75 Å². The minimum absolute atomic E-state index is 0.00856. The summed E-state index contributed by atoms with van der Waals surface area (Å²) in [5, 5.41) is 13.4. The molecule has 1 fully saturated rings. The highest BCUT2D eigenvalue weighted by Gasteiger charge is 2.55. The number of aliphatic hydroxyl groups excluding tert-OH is 1. The molecule has 0 amide bonds. The molecule has 0 radical (unpaired) electrons. The number of nitrogens with zero attached hydrogens (tertiary/aromatic N) is 1. The molecule has 14 heteroatoms. The van der Waals surface area contributed by atoms with Gasteiger partial charge in [-0.05, 0) is 82.6 Å². The molecule has 3 rings (SSSR count). The number of allylic oxidation sites excluding steroid dienone is 10. The Kier molecular flexibility index (Phi) is 18.8. The number of carbonyl (C=O) groups is 1. The van der Waals surface area contributed by atoms with Gasteiger partial charge in [0.2, 0.25) is 0 Å². The summed E-state index contributed by atoms with van der Waals surface area (Å²) < 4.78 is 60.3. The average Bonchev–Trinajstić information content (AvgIpc) is 3.35. The Bertz CT molecular complexity index is 1730. The van der Waals surface area contributed by atoms with Crippen LogP contribution in [0, 0.1) is 5.82 Å². The second-order valence-electron chi connectivity index (χ2n) is 12.6. The molecule has 0 bridgehead atoms. The molecule has 2 heterocycles. The highest BCUT2D eigenvalue weighted by atomic mass is 31.2. The van der Waals surface area contributed by atoms with E-state index in [2.05, 4.69) is 72.8 Å². The van der Waals surface area contributed by atoms with Crippen molar-refractivity contribution in [1.29, 1.82) is 0 Å². The molecule has 1 aliphatic rings. The fourth-order valence-corrected chi connectivity index (χ4v) is 6.67. The largest absolute Gasteiger partial charge is 0.458 e. The summed E-state index contributed by atoms with van der Waals surface area (Å²) >= 11 is 0. The highest BCUT2D eigenvalue weighted by Crippen LogP contribution is 2.47. The van der Waals surface area contributed by atoms with Gasteiger partial charge in [-0.15, -0.1) is 0 Å². The summed E-state index contributed by atoms with van der Waals surface area (Å²) in [5.41, 5.74) is -4.14. The number of nitrogens with one attached hydrogen (secondary N) is 2. The smallest absolute Gasteiger partial charge is 0.413 e. The second kappa shape index (κ2) is 22.9. The first-order valence-corrected chi connectivity index (χ1v) is 19.5. The average molecular weight is 760 g/mol. The number of alkyl halides is 1. The lowest BCUT2D eigenvalue weighted by atomic mass is 9.98. The zero-order valence-electron chi connectivity index (χ0n) is 30.4. The van der Waals surface area contributed by atoms with Gasteiger partial charge in [-0.3, -0.25) is 23.7 Å². The molecule has 1 aliphatic heterocycles. The van der Waals surface area contributed by atoms with Gasteiger partial charge in [0.15, 0.2) is 11.9 Å². The maximum atomic E-state index is 15.6. The number of aliphatic hydroxyl groups is 1. The van der Waals surface area contributed by atoms with E-state index in [1.807, 2.05) is 4.98 Å². The van der Waals surface area contributed by atoms with E-state index in [9.17, 15) is 28.4 Å². The van der Waals surface area contributed by atoms with Gasteiger partial charge in [0, 0.05) is 31.6 Å². The number of hydrogen-bond donors (Lipinski definition) is 3. The molecule has 1 saturated heterocycles. The van der Waals surface area contributed by atoms with Gasteiger partial charge in [0.05, 0.1) is 6.61 Å². The summed E-state index contributed by atoms with van der Waals surface area (Å²) in [6, 6.07) is 5.69. The van der Waals surface area contributed by atoms with Crippen LogP contribution < -0.4 is 20.9 Å². The maximum Gasteiger partial charge on any atom is 0.458 e. The van der Waals surface area contributed by atoms with Crippen LogP contribution in [-0.4, -0.2) is 51.5 Å². The van der Waals surface area contributed by atoms with Crippen LogP contribution in [0.15, 0.2) is 107 Å². The van der Waals surface area contributed by atoms with E-state index in [1.54, 1.807) is 0 Å². The van der Waals surface area contributed by atoms with Crippen LogP contribution in [0.5, 0.6) is 5.75 Å². The molecular weight excluding hydrogens is 707 g/mol. The van der Waals surface area contributed by atoms with E-state index in [0.29, 0.717) is 19.3 Å². The van der Waals surface area contributed by atoms with Crippen molar-refractivity contribution in [1.82, 2.24) is 14.6 Å². The lowest BCUT2D eigenvalue weighted by Crippen LogP contribution is -2.43. The van der Waals surface area contributed by atoms with E-state index in [0.717, 1.165) is 74.4 Å². The third kappa shape index (κ3) is 15.5. The van der Waals surface area contributed by atoms with Crippen LogP contribution in [0.2, 0.25) is 0 Å². The zero-order chi connectivity index (χ0) is 38.5. The molecule has 1 aromatic heterocycles. The van der Waals surface area contributed by atoms with Gasteiger partial charge in [-0.1, -0.05) is 67.7 Å². The number of ketones is 1. The van der Waals surface area contributed by atoms with Crippen molar-refractivity contribution in [3.05, 3.63) is 124 Å². The topological polar surface area (TPSA) is 149 Å². The van der Waals surface area contributed by atoms with E-state index >= 15 is 4.39 Å². The molecule has 0 saturated carbocycles. The molecule has 2 aromatic rings. The lowest BCUT2D eigenvalue weighted by Gasteiger charge is -2.24. The molecule has 53 heavy (non-hydrogen) atoms. The summed E-state index contributed by atoms with van der Waals surface area (Å²) in [6.07, 6.45) is 24.6. The molecule has 0 aliphatic carbocycles. The number of ether oxygens (including phenoxy) is 1. The summed E-state index contributed by atoms with van der Waals surface area (Å²) in [7, 11) is -4.24. The van der Waals surface area contributed by atoms with Crippen molar-refractivity contribution in [2.24, 2.45) is 0 Å². The van der Waals surface area contributed by atoms with Gasteiger partial charge < -0.3 is 14.4 Å². The first-order valence-electron chi connectivity index (χ1n) is 18.0. The molecule has 0 spiro atoms. The van der Waals surface area contributed by atoms with E-state index in [-0.39, 0.29) is 24.5 Å². The van der Waals surface area contributed by atoms with Crippen LogP contribution in [0.1, 0.15) is 84.3 Å². The number of unbranched alkanes of at least 4 members (excludes halogenated alkanes) is 1. The first kappa shape index (κ1) is 43.4. The summed E-state index contributed by atoms with van der Waals surface area (Å²) in [4.78, 5) is 38.2. The van der Waals surface area contributed by atoms with Crippen LogP contribution in [0.4, 0.5) is 8.78 Å². The van der Waals surface area contributed by atoms with Crippen molar-refractivity contribution in [3.63, 3.8) is 0 Å². The molecule has 3 N–H and O–H groups in total. The van der Waals surface area contributed by atoms with E-state index in [1.165, 1.54) is 12.1 Å². The Hall–Kier alpha value is -4.00. The number of carbonyl (C=O) groups excluding carboxylic acids is 1. The fraction of sp³-hybridized carbons (Fsp3) is 0.462. The molecule has 5 atom stereocenters. The molecule has 11 nitrogen and oxygen atoms in total. The van der Waals surface area contributed by atoms with Crippen LogP contribution in [-0.2, 0) is 18.6 Å². The van der Waals surface area contributed by atoms with Crippen molar-refractivity contribution >= 4 is 13.5 Å². The van der Waals surface area contributed by atoms with Gasteiger partial charge >= 0.3 is 13.4 Å². The summed E-state index contributed by atoms with van der Waals surface area (Å²) in [5.74, 6) is -0.494. The fourth-order valence-electron chi connectivity index (χ4n) is 5.28. The third-order valence-electron chi connectivity index (χ3n) is 8.19. The van der Waals surface area contributed by atoms with E-state index in [4.69, 9.17) is 13.8 Å². The standard InChI is InChI=1S/C39H52F2N3O8P/c1-3-4-5-6-7-8-9-10-11-12-13-14-15-16-17-18-19-21-32(45)22-20-28-42-53(49,52-33-25-23-31(40)24-26-33)50-30-34-36(47)39(2,41)37(51-34)44-29-27-35(46)43-38(44)48/h4-5,7-8,10-11,13-14,16-17,23-27,29,34,36-37,47H,3,6,9,12,15,18-22,28,30H2,1-2H3,(H,42,49)(H,43,46,48)/b5-4-,8-7-,11-10-,14-13-,17-16-/t34-,36-,37-,39-,53?/m1/s1. The van der Waals surface area contributed by atoms with Gasteiger partial charge in [0.25, 0.3) is 5.56 Å². The predicted octanol–water partition coefficient (Wildman–Crippen LogP) is 7.73. The Morgan fingerprint density at radius 3 is 2.15 bits per heavy atom. The number of H-pyrrole nitrogens is 1. The van der Waals surface area contributed by atoms with Crippen molar-refractivity contribution in [2.45, 2.75) is 102 Å². The van der Waals surface area contributed by atoms with Gasteiger partial charge in [-0.25, -0.2) is 23.2 Å². The Balaban J connectivity index is 1.40. The number of benzene rings is 1. The van der Waals surface area contributed by atoms with Crippen LogP contribution in [0.3, 0.4) is 0 Å². The second-order valence-corrected chi connectivity index (χ2v) is 14.4. The van der Waals surface area contributed by atoms with Crippen LogP contribution in [0.25, 0.3) is 0 Å². The number of aromatic amines is 1.